The van der Waals surface area contributed by atoms with Gasteiger partial charge in [0.25, 0.3) is 0 Å². The zero-order valence-corrected chi connectivity index (χ0v) is 10.5. The van der Waals surface area contributed by atoms with Gasteiger partial charge in [-0.25, -0.2) is 0 Å². The highest BCUT2D eigenvalue weighted by Crippen LogP contribution is 2.32. The number of rotatable bonds is 5. The maximum absolute atomic E-state index is 5.42. The Balaban J connectivity index is 1.48. The third kappa shape index (κ3) is 3.05. The molecule has 0 spiro atoms. The van der Waals surface area contributed by atoms with Gasteiger partial charge in [0.15, 0.2) is 11.5 Å². The van der Waals surface area contributed by atoms with Crippen molar-refractivity contribution in [1.29, 1.82) is 0 Å². The van der Waals surface area contributed by atoms with E-state index in [-0.39, 0.29) is 0 Å². The van der Waals surface area contributed by atoms with Crippen LogP contribution < -0.4 is 15.0 Å². The summed E-state index contributed by atoms with van der Waals surface area (Å²) in [6, 6.07) is 15.9. The first-order valence-electron chi connectivity index (χ1n) is 6.19. The van der Waals surface area contributed by atoms with Crippen LogP contribution in [-0.4, -0.2) is 6.79 Å². The summed E-state index contributed by atoms with van der Waals surface area (Å²) in [5.74, 6) is 1.59. The van der Waals surface area contributed by atoms with E-state index in [0.29, 0.717) is 19.9 Å². The van der Waals surface area contributed by atoms with Crippen LogP contribution in [-0.2, 0) is 18.0 Å². The van der Waals surface area contributed by atoms with Crippen LogP contribution in [0.25, 0.3) is 0 Å². The van der Waals surface area contributed by atoms with Crippen LogP contribution in [0.5, 0.6) is 11.5 Å². The summed E-state index contributed by atoms with van der Waals surface area (Å²) in [5.41, 5.74) is 5.18. The first kappa shape index (κ1) is 12.0. The smallest absolute Gasteiger partial charge is 0.231 e. The lowest BCUT2D eigenvalue weighted by Gasteiger charge is -2.06. The minimum atomic E-state index is 0.302. The summed E-state index contributed by atoms with van der Waals surface area (Å²) in [7, 11) is 0. The lowest BCUT2D eigenvalue weighted by atomic mass is 10.2. The molecule has 0 fully saturated rings. The van der Waals surface area contributed by atoms with Crippen LogP contribution in [0.4, 0.5) is 0 Å². The molecule has 0 bridgehead atoms. The summed E-state index contributed by atoms with van der Waals surface area (Å²) in [5, 5.41) is 0. The first-order valence-corrected chi connectivity index (χ1v) is 6.19. The Hall–Kier alpha value is -2.04. The Kier molecular flexibility index (Phi) is 3.63. The molecule has 0 aromatic heterocycles. The van der Waals surface area contributed by atoms with Crippen molar-refractivity contribution in [3.8, 4) is 11.5 Å². The van der Waals surface area contributed by atoms with Crippen molar-refractivity contribution in [1.82, 2.24) is 5.48 Å². The number of benzene rings is 2. The highest BCUT2D eigenvalue weighted by molar-refractivity contribution is 5.44. The van der Waals surface area contributed by atoms with Gasteiger partial charge in [0.2, 0.25) is 6.79 Å². The van der Waals surface area contributed by atoms with Crippen molar-refractivity contribution in [3.63, 3.8) is 0 Å². The van der Waals surface area contributed by atoms with E-state index in [2.05, 4.69) is 5.48 Å². The van der Waals surface area contributed by atoms with Gasteiger partial charge in [-0.15, -0.1) is 0 Å². The Morgan fingerprint density at radius 3 is 2.68 bits per heavy atom. The third-order valence-electron chi connectivity index (χ3n) is 2.90. The van der Waals surface area contributed by atoms with Crippen molar-refractivity contribution < 1.29 is 14.3 Å². The van der Waals surface area contributed by atoms with Crippen LogP contribution >= 0.6 is 0 Å². The van der Waals surface area contributed by atoms with E-state index in [1.54, 1.807) is 0 Å². The number of ether oxygens (including phenoxy) is 2. The average molecular weight is 257 g/mol. The van der Waals surface area contributed by atoms with Crippen molar-refractivity contribution in [2.75, 3.05) is 6.79 Å². The second kappa shape index (κ2) is 5.73. The molecule has 0 saturated heterocycles. The molecule has 0 atom stereocenters. The molecule has 0 amide bonds. The molecule has 2 aromatic carbocycles. The molecule has 19 heavy (non-hydrogen) atoms. The number of hydrogen-bond donors (Lipinski definition) is 1. The predicted molar refractivity (Wildman–Crippen MR) is 70.6 cm³/mol. The molecule has 0 saturated carbocycles. The average Bonchev–Trinajstić information content (AvgIpc) is 2.92. The molecule has 0 unspecified atom stereocenters. The highest BCUT2D eigenvalue weighted by Gasteiger charge is 2.12. The maximum Gasteiger partial charge on any atom is 0.231 e. The number of hydroxylamine groups is 1. The minimum Gasteiger partial charge on any atom is -0.454 e. The summed E-state index contributed by atoms with van der Waals surface area (Å²) in [4.78, 5) is 5.42. The summed E-state index contributed by atoms with van der Waals surface area (Å²) in [6.45, 7) is 1.48. The van der Waals surface area contributed by atoms with Crippen LogP contribution in [0.1, 0.15) is 11.1 Å². The van der Waals surface area contributed by atoms with Crippen molar-refractivity contribution in [3.05, 3.63) is 59.7 Å². The van der Waals surface area contributed by atoms with Gasteiger partial charge < -0.3 is 9.47 Å². The fourth-order valence-corrected chi connectivity index (χ4v) is 1.89. The second-order valence-electron chi connectivity index (χ2n) is 4.28. The normalized spacial score (nSPS) is 12.6. The zero-order valence-electron chi connectivity index (χ0n) is 10.5. The number of hydrogen-bond acceptors (Lipinski definition) is 4. The van der Waals surface area contributed by atoms with E-state index in [4.69, 9.17) is 14.3 Å². The van der Waals surface area contributed by atoms with E-state index < -0.39 is 0 Å². The minimum absolute atomic E-state index is 0.302. The Bertz CT molecular complexity index is 542. The van der Waals surface area contributed by atoms with E-state index in [9.17, 15) is 0 Å². The van der Waals surface area contributed by atoms with Crippen molar-refractivity contribution in [2.24, 2.45) is 0 Å². The van der Waals surface area contributed by atoms with E-state index in [0.717, 1.165) is 22.6 Å². The molecule has 98 valence electrons. The molecule has 0 aliphatic carbocycles. The monoisotopic (exact) mass is 257 g/mol. The van der Waals surface area contributed by atoms with E-state index in [1.807, 2.05) is 48.5 Å². The van der Waals surface area contributed by atoms with Gasteiger partial charge in [0.05, 0.1) is 6.61 Å². The molecule has 1 aliphatic rings. The molecular formula is C15H15NO3. The van der Waals surface area contributed by atoms with Crippen LogP contribution in [0.15, 0.2) is 48.5 Å². The lowest BCUT2D eigenvalue weighted by Crippen LogP contribution is -2.13. The van der Waals surface area contributed by atoms with Gasteiger partial charge >= 0.3 is 0 Å². The van der Waals surface area contributed by atoms with Crippen LogP contribution in [0.3, 0.4) is 0 Å². The molecule has 2 aromatic rings. The molecular weight excluding hydrogens is 242 g/mol. The first-order chi connectivity index (χ1) is 9.42. The largest absolute Gasteiger partial charge is 0.454 e. The van der Waals surface area contributed by atoms with Crippen molar-refractivity contribution in [2.45, 2.75) is 13.2 Å². The van der Waals surface area contributed by atoms with Gasteiger partial charge in [-0.1, -0.05) is 36.4 Å². The Morgan fingerprint density at radius 1 is 0.947 bits per heavy atom. The van der Waals surface area contributed by atoms with E-state index in [1.165, 1.54) is 0 Å². The van der Waals surface area contributed by atoms with Gasteiger partial charge in [0, 0.05) is 6.54 Å². The standard InChI is InChI=1S/C15H15NO3/c1-2-4-12(5-3-1)10-19-16-9-13-6-7-14-15(8-13)18-11-17-14/h1-8,16H,9-11H2. The van der Waals surface area contributed by atoms with Crippen LogP contribution in [0.2, 0.25) is 0 Å². The molecule has 1 heterocycles. The number of nitrogens with one attached hydrogen (secondary N) is 1. The fourth-order valence-electron chi connectivity index (χ4n) is 1.89. The summed E-state index contributed by atoms with van der Waals surface area (Å²) < 4.78 is 10.6. The predicted octanol–water partition coefficient (Wildman–Crippen LogP) is 2.64. The topological polar surface area (TPSA) is 39.7 Å². The van der Waals surface area contributed by atoms with Gasteiger partial charge in [-0.2, -0.15) is 5.48 Å². The van der Waals surface area contributed by atoms with E-state index >= 15 is 0 Å². The molecule has 1 aliphatic heterocycles. The van der Waals surface area contributed by atoms with Crippen molar-refractivity contribution >= 4 is 0 Å². The third-order valence-corrected chi connectivity index (χ3v) is 2.90. The molecule has 4 heteroatoms. The zero-order chi connectivity index (χ0) is 12.9. The van der Waals surface area contributed by atoms with Gasteiger partial charge in [0.1, 0.15) is 0 Å². The Labute approximate surface area is 111 Å². The second-order valence-corrected chi connectivity index (χ2v) is 4.28. The van der Waals surface area contributed by atoms with Gasteiger partial charge in [-0.3, -0.25) is 4.84 Å². The summed E-state index contributed by atoms with van der Waals surface area (Å²) >= 11 is 0. The molecule has 0 radical (unpaired) electrons. The maximum atomic E-state index is 5.42. The highest BCUT2D eigenvalue weighted by atomic mass is 16.7. The van der Waals surface area contributed by atoms with Gasteiger partial charge in [-0.05, 0) is 23.3 Å². The SMILES string of the molecule is c1ccc(CONCc2ccc3c(c2)OCO3)cc1. The fraction of sp³-hybridized carbons (Fsp3) is 0.200. The van der Waals surface area contributed by atoms with Crippen LogP contribution in [0, 0.1) is 0 Å². The number of fused-ring (bicyclic) bond motifs is 1. The molecule has 3 rings (SSSR count). The molecule has 1 N–H and O–H groups in total. The lowest BCUT2D eigenvalue weighted by molar-refractivity contribution is 0.0235. The quantitative estimate of drug-likeness (QED) is 0.660. The summed E-state index contributed by atoms with van der Waals surface area (Å²) in [6.07, 6.45) is 0. The molecule has 4 nitrogen and oxygen atoms in total. The Morgan fingerprint density at radius 2 is 1.79 bits per heavy atom.